The Bertz CT molecular complexity index is 458. The summed E-state index contributed by atoms with van der Waals surface area (Å²) in [4.78, 5) is 0. The van der Waals surface area contributed by atoms with Crippen LogP contribution in [0.2, 0.25) is 0 Å². The molecule has 0 aliphatic heterocycles. The maximum Gasteiger partial charge on any atom is 0.0807 e. The van der Waals surface area contributed by atoms with Gasteiger partial charge in [0.2, 0.25) is 0 Å². The number of allylic oxidation sites excluding steroid dienone is 1. The number of rotatable bonds is 4. The Morgan fingerprint density at radius 1 is 1.40 bits per heavy atom. The summed E-state index contributed by atoms with van der Waals surface area (Å²) in [6.45, 7) is 3.67. The van der Waals surface area contributed by atoms with Crippen LogP contribution in [0.1, 0.15) is 24.5 Å². The monoisotopic (exact) mass is 218 g/mol. The molecular weight excluding hydrogens is 204 g/mol. The molecule has 15 heavy (non-hydrogen) atoms. The van der Waals surface area contributed by atoms with Crippen LogP contribution in [0.15, 0.2) is 42.3 Å². The number of thiophene rings is 1. The van der Waals surface area contributed by atoms with Crippen LogP contribution >= 0.6 is 11.3 Å². The summed E-state index contributed by atoms with van der Waals surface area (Å²) in [7, 11) is 0. The predicted octanol–water partition coefficient (Wildman–Crippen LogP) is 3.90. The van der Waals surface area contributed by atoms with Gasteiger partial charge in [0, 0.05) is 4.70 Å². The summed E-state index contributed by atoms with van der Waals surface area (Å²) in [6.07, 6.45) is 3.09. The minimum atomic E-state index is -0.362. The van der Waals surface area contributed by atoms with Crippen LogP contribution in [-0.4, -0.2) is 5.11 Å². The largest absolute Gasteiger partial charge is 0.388 e. The molecule has 78 valence electrons. The van der Waals surface area contributed by atoms with E-state index in [1.165, 1.54) is 10.1 Å². The van der Waals surface area contributed by atoms with Crippen molar-refractivity contribution >= 4 is 21.4 Å². The third-order valence-corrected chi connectivity index (χ3v) is 3.50. The molecule has 0 saturated heterocycles. The van der Waals surface area contributed by atoms with Crippen LogP contribution in [0.3, 0.4) is 0 Å². The Morgan fingerprint density at radius 2 is 2.20 bits per heavy atom. The summed E-state index contributed by atoms with van der Waals surface area (Å²) < 4.78 is 1.24. The van der Waals surface area contributed by atoms with Gasteiger partial charge in [0.15, 0.2) is 0 Å². The molecule has 0 fully saturated rings. The Hall–Kier alpha value is -1.12. The molecule has 1 nitrogen and oxygen atoms in total. The zero-order chi connectivity index (χ0) is 10.7. The number of hydrogen-bond donors (Lipinski definition) is 1. The van der Waals surface area contributed by atoms with E-state index in [4.69, 9.17) is 0 Å². The van der Waals surface area contributed by atoms with Crippen LogP contribution < -0.4 is 0 Å². The molecule has 0 saturated carbocycles. The van der Waals surface area contributed by atoms with E-state index in [1.54, 1.807) is 11.3 Å². The van der Waals surface area contributed by atoms with Gasteiger partial charge in [-0.05, 0) is 35.2 Å². The molecule has 0 spiro atoms. The molecule has 1 aromatic carbocycles. The second-order valence-corrected chi connectivity index (χ2v) is 4.48. The molecule has 0 amide bonds. The second kappa shape index (κ2) is 4.60. The molecule has 0 radical (unpaired) electrons. The maximum absolute atomic E-state index is 10.00. The van der Waals surface area contributed by atoms with E-state index in [9.17, 15) is 5.11 Å². The minimum absolute atomic E-state index is 0.362. The smallest absolute Gasteiger partial charge is 0.0807 e. The summed E-state index contributed by atoms with van der Waals surface area (Å²) in [6, 6.07) is 8.19. The normalized spacial score (nSPS) is 12.9. The fourth-order valence-electron chi connectivity index (χ4n) is 1.69. The molecular formula is C13H14OS. The van der Waals surface area contributed by atoms with E-state index < -0.39 is 0 Å². The number of aliphatic hydroxyl groups excluding tert-OH is 1. The molecule has 1 unspecified atom stereocenters. The van der Waals surface area contributed by atoms with Crippen molar-refractivity contribution < 1.29 is 5.11 Å². The van der Waals surface area contributed by atoms with Crippen molar-refractivity contribution in [1.82, 2.24) is 0 Å². The molecule has 2 rings (SSSR count). The van der Waals surface area contributed by atoms with Crippen LogP contribution in [0.5, 0.6) is 0 Å². The lowest BCUT2D eigenvalue weighted by Gasteiger charge is -2.07. The van der Waals surface area contributed by atoms with Gasteiger partial charge in [-0.25, -0.2) is 0 Å². The van der Waals surface area contributed by atoms with Crippen molar-refractivity contribution in [2.75, 3.05) is 0 Å². The van der Waals surface area contributed by atoms with Gasteiger partial charge in [0.25, 0.3) is 0 Å². The summed E-state index contributed by atoms with van der Waals surface area (Å²) in [5.74, 6) is 0. The Labute approximate surface area is 93.7 Å². The van der Waals surface area contributed by atoms with Gasteiger partial charge < -0.3 is 5.11 Å². The van der Waals surface area contributed by atoms with Crippen LogP contribution in [0.25, 0.3) is 10.1 Å². The summed E-state index contributed by atoms with van der Waals surface area (Å²) >= 11 is 1.69. The first kappa shape index (κ1) is 10.4. The topological polar surface area (TPSA) is 20.2 Å². The lowest BCUT2D eigenvalue weighted by Crippen LogP contribution is -1.94. The highest BCUT2D eigenvalue weighted by Crippen LogP contribution is 2.31. The first-order valence-electron chi connectivity index (χ1n) is 5.08. The highest BCUT2D eigenvalue weighted by molar-refractivity contribution is 7.17. The molecule has 0 aliphatic rings. The van der Waals surface area contributed by atoms with Crippen molar-refractivity contribution in [1.29, 1.82) is 0 Å². The van der Waals surface area contributed by atoms with Gasteiger partial charge in [0.1, 0.15) is 0 Å². The van der Waals surface area contributed by atoms with Gasteiger partial charge in [-0.3, -0.25) is 0 Å². The van der Waals surface area contributed by atoms with E-state index in [0.717, 1.165) is 18.4 Å². The van der Waals surface area contributed by atoms with Gasteiger partial charge in [-0.2, -0.15) is 0 Å². The molecule has 0 bridgehead atoms. The molecule has 2 heteroatoms. The lowest BCUT2D eigenvalue weighted by molar-refractivity contribution is 0.170. The molecule has 1 heterocycles. The van der Waals surface area contributed by atoms with E-state index >= 15 is 0 Å². The molecule has 2 aromatic rings. The first-order valence-corrected chi connectivity index (χ1v) is 5.96. The van der Waals surface area contributed by atoms with E-state index in [1.807, 2.05) is 18.2 Å². The van der Waals surface area contributed by atoms with Crippen LogP contribution in [0.4, 0.5) is 0 Å². The van der Waals surface area contributed by atoms with Gasteiger partial charge >= 0.3 is 0 Å². The zero-order valence-corrected chi connectivity index (χ0v) is 9.33. The predicted molar refractivity (Wildman–Crippen MR) is 66.2 cm³/mol. The van der Waals surface area contributed by atoms with Crippen molar-refractivity contribution in [3.8, 4) is 0 Å². The van der Waals surface area contributed by atoms with E-state index in [2.05, 4.69) is 24.1 Å². The highest BCUT2D eigenvalue weighted by atomic mass is 32.1. The van der Waals surface area contributed by atoms with Crippen molar-refractivity contribution in [2.24, 2.45) is 0 Å². The maximum atomic E-state index is 10.00. The molecule has 1 N–H and O–H groups in total. The first-order chi connectivity index (χ1) is 7.33. The van der Waals surface area contributed by atoms with Crippen molar-refractivity contribution in [3.05, 3.63) is 47.9 Å². The standard InChI is InChI=1S/C13H14OS/c1-2-3-7-12(14)11-9-15-13-8-5-4-6-10(11)13/h2,4-6,8-9,12,14H,1,3,7H2. The Balaban J connectivity index is 2.30. The van der Waals surface area contributed by atoms with Crippen molar-refractivity contribution in [2.45, 2.75) is 18.9 Å². The molecule has 0 aliphatic carbocycles. The fraction of sp³-hybridized carbons (Fsp3) is 0.231. The highest BCUT2D eigenvalue weighted by Gasteiger charge is 2.11. The zero-order valence-electron chi connectivity index (χ0n) is 8.52. The summed E-state index contributed by atoms with van der Waals surface area (Å²) in [5.41, 5.74) is 1.05. The number of hydrogen-bond acceptors (Lipinski definition) is 2. The van der Waals surface area contributed by atoms with Gasteiger partial charge in [-0.15, -0.1) is 17.9 Å². The molecule has 1 atom stereocenters. The quantitative estimate of drug-likeness (QED) is 0.772. The fourth-order valence-corrected chi connectivity index (χ4v) is 2.70. The number of benzene rings is 1. The van der Waals surface area contributed by atoms with Gasteiger partial charge in [-0.1, -0.05) is 24.3 Å². The number of aliphatic hydroxyl groups is 1. The lowest BCUT2D eigenvalue weighted by atomic mass is 10.0. The third-order valence-electron chi connectivity index (χ3n) is 2.51. The minimum Gasteiger partial charge on any atom is -0.388 e. The molecule has 1 aromatic heterocycles. The average molecular weight is 218 g/mol. The van der Waals surface area contributed by atoms with E-state index in [-0.39, 0.29) is 6.10 Å². The van der Waals surface area contributed by atoms with Crippen molar-refractivity contribution in [3.63, 3.8) is 0 Å². The Morgan fingerprint density at radius 3 is 3.00 bits per heavy atom. The van der Waals surface area contributed by atoms with Crippen LogP contribution in [0, 0.1) is 0 Å². The third kappa shape index (κ3) is 2.11. The summed E-state index contributed by atoms with van der Waals surface area (Å²) in [5, 5.41) is 13.2. The SMILES string of the molecule is C=CCCC(O)c1csc2ccccc12. The Kier molecular flexibility index (Phi) is 3.19. The number of fused-ring (bicyclic) bond motifs is 1. The van der Waals surface area contributed by atoms with Gasteiger partial charge in [0.05, 0.1) is 6.10 Å². The second-order valence-electron chi connectivity index (χ2n) is 3.57. The van der Waals surface area contributed by atoms with Crippen LogP contribution in [-0.2, 0) is 0 Å². The van der Waals surface area contributed by atoms with E-state index in [0.29, 0.717) is 0 Å². The average Bonchev–Trinajstić information content (AvgIpc) is 2.69.